The number of carbonyl (C=O) groups excluding carboxylic acids is 1. The molecule has 0 aliphatic carbocycles. The summed E-state index contributed by atoms with van der Waals surface area (Å²) in [5.74, 6) is -0.559. The van der Waals surface area contributed by atoms with Crippen molar-refractivity contribution in [3.8, 4) is 0 Å². The molecule has 0 aromatic heterocycles. The summed E-state index contributed by atoms with van der Waals surface area (Å²) in [6.07, 6.45) is -5.67. The molecule has 1 atom stereocenters. The molecule has 1 aromatic rings. The molecule has 0 fully saturated rings. The van der Waals surface area contributed by atoms with Crippen LogP contribution < -0.4 is 0 Å². The molecular formula is C15H17F3N2O2S. The Balaban J connectivity index is 1.99. The van der Waals surface area contributed by atoms with E-state index in [-0.39, 0.29) is 16.5 Å². The third kappa shape index (κ3) is 3.87. The summed E-state index contributed by atoms with van der Waals surface area (Å²) in [7, 11) is 0. The van der Waals surface area contributed by atoms with Gasteiger partial charge in [-0.25, -0.2) is 0 Å². The van der Waals surface area contributed by atoms with Crippen LogP contribution in [0.3, 0.4) is 0 Å². The number of hydrogen-bond acceptors (Lipinski definition) is 4. The number of aliphatic hydroxyl groups is 1. The van der Waals surface area contributed by atoms with Crippen molar-refractivity contribution in [3.05, 3.63) is 35.4 Å². The third-order valence-electron chi connectivity index (χ3n) is 3.39. The van der Waals surface area contributed by atoms with E-state index < -0.39 is 24.2 Å². The molecule has 0 bridgehead atoms. The first-order valence-electron chi connectivity index (χ1n) is 6.93. The Kier molecular flexibility index (Phi) is 5.05. The molecule has 1 N–H and O–H groups in total. The van der Waals surface area contributed by atoms with E-state index in [2.05, 4.69) is 5.10 Å². The quantitative estimate of drug-likeness (QED) is 0.911. The summed E-state index contributed by atoms with van der Waals surface area (Å²) in [5, 5.41) is 13.6. The topological polar surface area (TPSA) is 52.9 Å². The molecule has 0 spiro atoms. The second-order valence-corrected chi connectivity index (χ2v) is 6.50. The van der Waals surface area contributed by atoms with Crippen molar-refractivity contribution >= 4 is 23.4 Å². The molecule has 0 radical (unpaired) electrons. The number of hydrogen-bond donors (Lipinski definition) is 1. The van der Waals surface area contributed by atoms with Crippen LogP contribution in [-0.4, -0.2) is 39.4 Å². The lowest BCUT2D eigenvalue weighted by Gasteiger charge is -2.32. The fourth-order valence-electron chi connectivity index (χ4n) is 2.32. The number of halogens is 3. The van der Waals surface area contributed by atoms with Crippen LogP contribution in [0.2, 0.25) is 0 Å². The molecule has 23 heavy (non-hydrogen) atoms. The summed E-state index contributed by atoms with van der Waals surface area (Å²) < 4.78 is 39.1. The Morgan fingerprint density at radius 1 is 1.43 bits per heavy atom. The summed E-state index contributed by atoms with van der Waals surface area (Å²) in [5.41, 5.74) is -1.12. The molecule has 1 aliphatic heterocycles. The Bertz CT molecular complexity index is 633. The average Bonchev–Trinajstić information content (AvgIpc) is 2.75. The SMILES string of the molecule is CC1=NN(C(=O)CSCc2cccc(C)c2)C(O)(C(F)(F)F)C1. The lowest BCUT2D eigenvalue weighted by molar-refractivity contribution is -0.301. The summed E-state index contributed by atoms with van der Waals surface area (Å²) >= 11 is 1.18. The number of nitrogens with zero attached hydrogens (tertiary/aromatic N) is 2. The van der Waals surface area contributed by atoms with E-state index in [9.17, 15) is 23.1 Å². The van der Waals surface area contributed by atoms with Gasteiger partial charge in [0.25, 0.3) is 11.6 Å². The number of thioether (sulfide) groups is 1. The smallest absolute Gasteiger partial charge is 0.362 e. The van der Waals surface area contributed by atoms with Gasteiger partial charge in [0.2, 0.25) is 0 Å². The largest absolute Gasteiger partial charge is 0.438 e. The van der Waals surface area contributed by atoms with Crippen molar-refractivity contribution in [2.75, 3.05) is 5.75 Å². The highest BCUT2D eigenvalue weighted by atomic mass is 32.2. The fraction of sp³-hybridized carbons (Fsp3) is 0.467. The van der Waals surface area contributed by atoms with E-state index in [1.54, 1.807) is 0 Å². The first kappa shape index (κ1) is 17.8. The lowest BCUT2D eigenvalue weighted by atomic mass is 10.1. The van der Waals surface area contributed by atoms with Crippen molar-refractivity contribution in [2.45, 2.75) is 37.9 Å². The monoisotopic (exact) mass is 346 g/mol. The summed E-state index contributed by atoms with van der Waals surface area (Å²) in [6, 6.07) is 7.64. The van der Waals surface area contributed by atoms with Crippen molar-refractivity contribution in [1.29, 1.82) is 0 Å². The summed E-state index contributed by atoms with van der Waals surface area (Å²) in [4.78, 5) is 12.0. The maximum atomic E-state index is 13.0. The van der Waals surface area contributed by atoms with Crippen LogP contribution in [0.5, 0.6) is 0 Å². The van der Waals surface area contributed by atoms with Gasteiger partial charge in [-0.15, -0.1) is 11.8 Å². The molecule has 8 heteroatoms. The normalized spacial score (nSPS) is 21.5. The van der Waals surface area contributed by atoms with E-state index in [0.29, 0.717) is 5.75 Å². The number of hydrazone groups is 1. The Morgan fingerprint density at radius 2 is 2.13 bits per heavy atom. The Morgan fingerprint density at radius 3 is 2.74 bits per heavy atom. The molecule has 2 rings (SSSR count). The van der Waals surface area contributed by atoms with Gasteiger partial charge in [-0.2, -0.15) is 23.3 Å². The van der Waals surface area contributed by atoms with Gasteiger partial charge in [0.15, 0.2) is 0 Å². The van der Waals surface area contributed by atoms with Gasteiger partial charge >= 0.3 is 6.18 Å². The van der Waals surface area contributed by atoms with Gasteiger partial charge in [-0.05, 0) is 19.4 Å². The maximum absolute atomic E-state index is 13.0. The van der Waals surface area contributed by atoms with Gasteiger partial charge < -0.3 is 5.11 Å². The zero-order valence-corrected chi connectivity index (χ0v) is 13.5. The van der Waals surface area contributed by atoms with E-state index in [1.807, 2.05) is 31.2 Å². The van der Waals surface area contributed by atoms with Crippen LogP contribution in [0.4, 0.5) is 13.2 Å². The average molecular weight is 346 g/mol. The van der Waals surface area contributed by atoms with Crippen molar-refractivity contribution in [1.82, 2.24) is 5.01 Å². The molecule has 1 aliphatic rings. The highest BCUT2D eigenvalue weighted by Gasteiger charge is 2.62. The molecule has 1 amide bonds. The minimum Gasteiger partial charge on any atom is -0.362 e. The standard InChI is InChI=1S/C15H17F3N2O2S/c1-10-4-3-5-12(6-10)8-23-9-13(21)20-14(22,15(16,17)18)7-11(2)19-20/h3-6,22H,7-9H2,1-2H3. The summed E-state index contributed by atoms with van der Waals surface area (Å²) in [6.45, 7) is 3.29. The van der Waals surface area contributed by atoms with Gasteiger partial charge in [0.1, 0.15) is 0 Å². The van der Waals surface area contributed by atoms with Crippen LogP contribution in [0.15, 0.2) is 29.4 Å². The highest BCUT2D eigenvalue weighted by Crippen LogP contribution is 2.40. The predicted molar refractivity (Wildman–Crippen MR) is 82.9 cm³/mol. The van der Waals surface area contributed by atoms with E-state index in [0.717, 1.165) is 11.1 Å². The van der Waals surface area contributed by atoms with E-state index >= 15 is 0 Å². The van der Waals surface area contributed by atoms with Crippen LogP contribution >= 0.6 is 11.8 Å². The molecule has 0 saturated carbocycles. The van der Waals surface area contributed by atoms with E-state index in [4.69, 9.17) is 0 Å². The van der Waals surface area contributed by atoms with Crippen molar-refractivity contribution in [2.24, 2.45) is 5.10 Å². The number of alkyl halides is 3. The molecule has 126 valence electrons. The minimum atomic E-state index is -4.95. The van der Waals surface area contributed by atoms with Crippen LogP contribution in [0.25, 0.3) is 0 Å². The molecule has 1 aromatic carbocycles. The van der Waals surface area contributed by atoms with Crippen LogP contribution in [0.1, 0.15) is 24.5 Å². The number of benzene rings is 1. The van der Waals surface area contributed by atoms with E-state index in [1.165, 1.54) is 18.7 Å². The van der Waals surface area contributed by atoms with Gasteiger partial charge in [-0.3, -0.25) is 4.79 Å². The molecule has 0 saturated heterocycles. The Hall–Kier alpha value is -1.54. The minimum absolute atomic E-state index is 0.0712. The highest BCUT2D eigenvalue weighted by molar-refractivity contribution is 7.99. The second kappa shape index (κ2) is 6.52. The lowest BCUT2D eigenvalue weighted by Crippen LogP contribution is -2.57. The number of carbonyl (C=O) groups is 1. The van der Waals surface area contributed by atoms with Crippen LogP contribution in [-0.2, 0) is 10.5 Å². The molecule has 1 unspecified atom stereocenters. The maximum Gasteiger partial charge on any atom is 0.438 e. The number of aryl methyl sites for hydroxylation is 1. The molecule has 1 heterocycles. The van der Waals surface area contributed by atoms with Crippen LogP contribution in [0, 0.1) is 6.92 Å². The molecule has 4 nitrogen and oxygen atoms in total. The first-order valence-corrected chi connectivity index (χ1v) is 8.08. The van der Waals surface area contributed by atoms with Crippen molar-refractivity contribution in [3.63, 3.8) is 0 Å². The number of amides is 1. The second-order valence-electron chi connectivity index (χ2n) is 5.51. The first-order chi connectivity index (χ1) is 10.6. The zero-order chi connectivity index (χ0) is 17.3. The zero-order valence-electron chi connectivity index (χ0n) is 12.7. The third-order valence-corrected chi connectivity index (χ3v) is 4.38. The molecular weight excluding hydrogens is 329 g/mol. The fourth-order valence-corrected chi connectivity index (χ4v) is 3.14. The van der Waals surface area contributed by atoms with Crippen molar-refractivity contribution < 1.29 is 23.1 Å². The Labute approximate surface area is 136 Å². The van der Waals surface area contributed by atoms with Gasteiger partial charge in [0, 0.05) is 17.9 Å². The van der Waals surface area contributed by atoms with Gasteiger partial charge in [-0.1, -0.05) is 29.8 Å². The van der Waals surface area contributed by atoms with Gasteiger partial charge in [0.05, 0.1) is 5.75 Å². The predicted octanol–water partition coefficient (Wildman–Crippen LogP) is 3.09. The number of rotatable bonds is 4.